The summed E-state index contributed by atoms with van der Waals surface area (Å²) in [4.78, 5) is 8.64. The SMILES string of the molecule is CCNc1cc(OCc2ccccc2Cl)nc(COC)n1. The number of hydrogen-bond acceptors (Lipinski definition) is 5. The topological polar surface area (TPSA) is 56.3 Å². The van der Waals surface area contributed by atoms with Crippen LogP contribution in [-0.4, -0.2) is 23.6 Å². The molecule has 0 radical (unpaired) electrons. The van der Waals surface area contributed by atoms with Gasteiger partial charge in [-0.25, -0.2) is 4.98 Å². The van der Waals surface area contributed by atoms with Crippen molar-refractivity contribution in [3.8, 4) is 5.88 Å². The summed E-state index contributed by atoms with van der Waals surface area (Å²) in [5, 5.41) is 3.82. The second kappa shape index (κ2) is 7.81. The average molecular weight is 308 g/mol. The molecule has 1 aromatic carbocycles. The zero-order valence-electron chi connectivity index (χ0n) is 12.1. The quantitative estimate of drug-likeness (QED) is 0.850. The van der Waals surface area contributed by atoms with Crippen LogP contribution in [0.25, 0.3) is 0 Å². The highest BCUT2D eigenvalue weighted by atomic mass is 35.5. The molecular formula is C15H18ClN3O2. The average Bonchev–Trinajstić information content (AvgIpc) is 2.47. The van der Waals surface area contributed by atoms with Gasteiger partial charge in [0.15, 0.2) is 5.82 Å². The van der Waals surface area contributed by atoms with Gasteiger partial charge in [0.05, 0.1) is 0 Å². The van der Waals surface area contributed by atoms with E-state index in [2.05, 4.69) is 15.3 Å². The Morgan fingerprint density at radius 1 is 1.19 bits per heavy atom. The standard InChI is InChI=1S/C15H18ClN3O2/c1-3-17-13-8-15(19-14(18-13)10-20-2)21-9-11-6-4-5-7-12(11)16/h4-8H,3,9-10H2,1-2H3,(H,17,18,19). The van der Waals surface area contributed by atoms with Crippen LogP contribution in [-0.2, 0) is 18.0 Å². The molecule has 6 heteroatoms. The van der Waals surface area contributed by atoms with E-state index in [1.54, 1.807) is 13.2 Å². The fourth-order valence-electron chi connectivity index (χ4n) is 1.78. The molecule has 0 saturated heterocycles. The van der Waals surface area contributed by atoms with Gasteiger partial charge in [-0.15, -0.1) is 0 Å². The largest absolute Gasteiger partial charge is 0.473 e. The molecule has 0 atom stereocenters. The first-order chi connectivity index (χ1) is 10.2. The van der Waals surface area contributed by atoms with E-state index in [1.807, 2.05) is 31.2 Å². The Morgan fingerprint density at radius 2 is 2.00 bits per heavy atom. The summed E-state index contributed by atoms with van der Waals surface area (Å²) < 4.78 is 10.8. The Hall–Kier alpha value is -1.85. The summed E-state index contributed by atoms with van der Waals surface area (Å²) in [7, 11) is 1.60. The molecule has 0 amide bonds. The van der Waals surface area contributed by atoms with Crippen molar-refractivity contribution in [3.63, 3.8) is 0 Å². The Kier molecular flexibility index (Phi) is 5.78. The van der Waals surface area contributed by atoms with Gasteiger partial charge >= 0.3 is 0 Å². The first kappa shape index (κ1) is 15.5. The minimum atomic E-state index is 0.335. The van der Waals surface area contributed by atoms with Crippen molar-refractivity contribution in [2.24, 2.45) is 0 Å². The molecule has 0 fully saturated rings. The predicted molar refractivity (Wildman–Crippen MR) is 82.7 cm³/mol. The molecule has 2 aromatic rings. The number of benzene rings is 1. The summed E-state index contributed by atoms with van der Waals surface area (Å²) >= 11 is 6.11. The summed E-state index contributed by atoms with van der Waals surface area (Å²) in [6, 6.07) is 9.33. The normalized spacial score (nSPS) is 10.4. The van der Waals surface area contributed by atoms with Crippen LogP contribution in [0.5, 0.6) is 5.88 Å². The van der Waals surface area contributed by atoms with E-state index < -0.39 is 0 Å². The third-order valence-corrected chi connectivity index (χ3v) is 3.08. The molecule has 112 valence electrons. The molecule has 0 aliphatic rings. The Bertz CT molecular complexity index is 569. The molecule has 1 heterocycles. The van der Waals surface area contributed by atoms with Crippen molar-refractivity contribution in [3.05, 3.63) is 46.7 Å². The second-order valence-corrected chi connectivity index (χ2v) is 4.76. The third kappa shape index (κ3) is 4.58. The molecule has 1 aromatic heterocycles. The van der Waals surface area contributed by atoms with Gasteiger partial charge < -0.3 is 14.8 Å². The monoisotopic (exact) mass is 307 g/mol. The summed E-state index contributed by atoms with van der Waals surface area (Å²) in [6.45, 7) is 3.46. The van der Waals surface area contributed by atoms with E-state index in [0.29, 0.717) is 35.8 Å². The van der Waals surface area contributed by atoms with E-state index in [0.717, 1.165) is 12.1 Å². The van der Waals surface area contributed by atoms with Crippen molar-refractivity contribution >= 4 is 17.4 Å². The number of nitrogens with zero attached hydrogens (tertiary/aromatic N) is 2. The molecule has 5 nitrogen and oxygen atoms in total. The fraction of sp³-hybridized carbons (Fsp3) is 0.333. The van der Waals surface area contributed by atoms with E-state index in [-0.39, 0.29) is 0 Å². The summed E-state index contributed by atoms with van der Waals surface area (Å²) in [6.07, 6.45) is 0. The molecule has 0 saturated carbocycles. The Balaban J connectivity index is 2.13. The highest BCUT2D eigenvalue weighted by Gasteiger charge is 2.07. The van der Waals surface area contributed by atoms with E-state index in [1.165, 1.54) is 0 Å². The Labute approximate surface area is 129 Å². The fourth-order valence-corrected chi connectivity index (χ4v) is 1.97. The number of methoxy groups -OCH3 is 1. The minimum absolute atomic E-state index is 0.335. The molecule has 0 bridgehead atoms. The van der Waals surface area contributed by atoms with Crippen LogP contribution in [0.3, 0.4) is 0 Å². The van der Waals surface area contributed by atoms with E-state index in [9.17, 15) is 0 Å². The van der Waals surface area contributed by atoms with E-state index >= 15 is 0 Å². The number of ether oxygens (including phenoxy) is 2. The van der Waals surface area contributed by atoms with Crippen LogP contribution in [0.1, 0.15) is 18.3 Å². The van der Waals surface area contributed by atoms with Gasteiger partial charge in [0.25, 0.3) is 0 Å². The van der Waals surface area contributed by atoms with Crippen LogP contribution in [0.2, 0.25) is 5.02 Å². The first-order valence-corrected chi connectivity index (χ1v) is 7.07. The molecule has 0 aliphatic heterocycles. The lowest BCUT2D eigenvalue weighted by molar-refractivity contribution is 0.176. The number of hydrogen-bond donors (Lipinski definition) is 1. The highest BCUT2D eigenvalue weighted by Crippen LogP contribution is 2.19. The highest BCUT2D eigenvalue weighted by molar-refractivity contribution is 6.31. The number of anilines is 1. The number of aromatic nitrogens is 2. The van der Waals surface area contributed by atoms with Crippen LogP contribution in [0.15, 0.2) is 30.3 Å². The van der Waals surface area contributed by atoms with Gasteiger partial charge in [-0.05, 0) is 13.0 Å². The lowest BCUT2D eigenvalue weighted by atomic mass is 10.2. The zero-order valence-corrected chi connectivity index (χ0v) is 12.9. The van der Waals surface area contributed by atoms with E-state index in [4.69, 9.17) is 21.1 Å². The molecular weight excluding hydrogens is 290 g/mol. The molecule has 21 heavy (non-hydrogen) atoms. The van der Waals surface area contributed by atoms with Crippen LogP contribution in [0.4, 0.5) is 5.82 Å². The van der Waals surface area contributed by atoms with Crippen molar-refractivity contribution in [1.82, 2.24) is 9.97 Å². The molecule has 2 rings (SSSR count). The van der Waals surface area contributed by atoms with Crippen LogP contribution >= 0.6 is 11.6 Å². The van der Waals surface area contributed by atoms with Gasteiger partial charge in [0.1, 0.15) is 19.0 Å². The Morgan fingerprint density at radius 3 is 2.71 bits per heavy atom. The molecule has 0 spiro atoms. The number of nitrogens with one attached hydrogen (secondary N) is 1. The first-order valence-electron chi connectivity index (χ1n) is 6.70. The summed E-state index contributed by atoms with van der Waals surface area (Å²) in [5.41, 5.74) is 0.913. The van der Waals surface area contributed by atoms with Gasteiger partial charge in [-0.1, -0.05) is 29.8 Å². The van der Waals surface area contributed by atoms with Gasteiger partial charge in [0.2, 0.25) is 5.88 Å². The van der Waals surface area contributed by atoms with Gasteiger partial charge in [0, 0.05) is 30.3 Å². The van der Waals surface area contributed by atoms with Crippen molar-refractivity contribution < 1.29 is 9.47 Å². The van der Waals surface area contributed by atoms with Crippen LogP contribution < -0.4 is 10.1 Å². The lowest BCUT2D eigenvalue weighted by Crippen LogP contribution is -2.07. The smallest absolute Gasteiger partial charge is 0.219 e. The maximum absolute atomic E-state index is 6.11. The lowest BCUT2D eigenvalue weighted by Gasteiger charge is -2.10. The third-order valence-electron chi connectivity index (χ3n) is 2.71. The number of halogens is 1. The van der Waals surface area contributed by atoms with Crippen molar-refractivity contribution in [2.75, 3.05) is 19.0 Å². The second-order valence-electron chi connectivity index (χ2n) is 4.35. The van der Waals surface area contributed by atoms with Crippen LogP contribution in [0, 0.1) is 0 Å². The molecule has 0 unspecified atom stereocenters. The molecule has 1 N–H and O–H groups in total. The van der Waals surface area contributed by atoms with Crippen molar-refractivity contribution in [2.45, 2.75) is 20.1 Å². The van der Waals surface area contributed by atoms with Gasteiger partial charge in [-0.3, -0.25) is 0 Å². The maximum Gasteiger partial charge on any atom is 0.219 e. The van der Waals surface area contributed by atoms with Crippen molar-refractivity contribution in [1.29, 1.82) is 0 Å². The van der Waals surface area contributed by atoms with Gasteiger partial charge in [-0.2, -0.15) is 4.98 Å². The zero-order chi connectivity index (χ0) is 15.1. The minimum Gasteiger partial charge on any atom is -0.473 e. The predicted octanol–water partition coefficient (Wildman–Crippen LogP) is 3.29. The maximum atomic E-state index is 6.11. The number of rotatable bonds is 7. The summed E-state index contributed by atoms with van der Waals surface area (Å²) in [5.74, 6) is 1.78. The molecule has 0 aliphatic carbocycles.